The van der Waals surface area contributed by atoms with Crippen LogP contribution in [0.4, 0.5) is 13.2 Å². The minimum absolute atomic E-state index is 0.306. The molecule has 0 saturated carbocycles. The Balaban J connectivity index is 1.79. The number of benzene rings is 3. The predicted octanol–water partition coefficient (Wildman–Crippen LogP) is 5.62. The normalized spacial score (nSPS) is 11.7. The number of alkyl halides is 3. The molecule has 0 unspecified atom stereocenters. The van der Waals surface area contributed by atoms with E-state index in [9.17, 15) is 18.0 Å². The summed E-state index contributed by atoms with van der Waals surface area (Å²) in [7, 11) is 0. The van der Waals surface area contributed by atoms with Crippen LogP contribution >= 0.6 is 0 Å². The lowest BCUT2D eigenvalue weighted by atomic mass is 9.98. The van der Waals surface area contributed by atoms with Crippen molar-refractivity contribution in [2.24, 2.45) is 0 Å². The Kier molecular flexibility index (Phi) is 5.94. The van der Waals surface area contributed by atoms with Gasteiger partial charge in [-0.2, -0.15) is 13.2 Å². The zero-order chi connectivity index (χ0) is 20.0. The molecule has 0 aliphatic rings. The molecule has 1 amide bonds. The molecule has 1 N–H and O–H groups in total. The number of amides is 1. The van der Waals surface area contributed by atoms with Crippen LogP contribution in [-0.4, -0.2) is 5.91 Å². The molecule has 5 heteroatoms. The molecule has 142 valence electrons. The molecule has 0 spiro atoms. The highest BCUT2D eigenvalue weighted by Crippen LogP contribution is 2.29. The van der Waals surface area contributed by atoms with Crippen molar-refractivity contribution in [2.45, 2.75) is 12.2 Å². The van der Waals surface area contributed by atoms with E-state index in [1.54, 1.807) is 0 Å². The fraction of sp³-hybridized carbons (Fsp3) is 0.0870. The van der Waals surface area contributed by atoms with E-state index in [1.807, 2.05) is 60.7 Å². The van der Waals surface area contributed by atoms with E-state index in [2.05, 4.69) is 5.32 Å². The van der Waals surface area contributed by atoms with Crippen LogP contribution in [0.15, 0.2) is 91.0 Å². The van der Waals surface area contributed by atoms with Crippen molar-refractivity contribution in [3.8, 4) is 0 Å². The highest BCUT2D eigenvalue weighted by atomic mass is 19.4. The summed E-state index contributed by atoms with van der Waals surface area (Å²) in [6.07, 6.45) is -1.80. The Morgan fingerprint density at radius 3 is 1.93 bits per heavy atom. The van der Waals surface area contributed by atoms with E-state index in [1.165, 1.54) is 24.3 Å². The van der Waals surface area contributed by atoms with Gasteiger partial charge in [-0.1, -0.05) is 72.8 Å². The maximum Gasteiger partial charge on any atom is 0.416 e. The number of nitrogens with one attached hydrogen (secondary N) is 1. The van der Waals surface area contributed by atoms with Crippen molar-refractivity contribution in [1.82, 2.24) is 5.32 Å². The Bertz CT molecular complexity index is 911. The number of carbonyl (C=O) groups is 1. The summed E-state index contributed by atoms with van der Waals surface area (Å²) >= 11 is 0. The van der Waals surface area contributed by atoms with Crippen LogP contribution in [0.5, 0.6) is 0 Å². The molecule has 2 nitrogen and oxygen atoms in total. The Hall–Kier alpha value is -3.34. The fourth-order valence-corrected chi connectivity index (χ4v) is 2.83. The summed E-state index contributed by atoms with van der Waals surface area (Å²) in [6, 6.07) is 23.4. The lowest BCUT2D eigenvalue weighted by Gasteiger charge is -2.19. The largest absolute Gasteiger partial charge is 0.416 e. The van der Waals surface area contributed by atoms with Gasteiger partial charge in [-0.3, -0.25) is 4.79 Å². The van der Waals surface area contributed by atoms with Crippen molar-refractivity contribution in [3.63, 3.8) is 0 Å². The van der Waals surface area contributed by atoms with Crippen molar-refractivity contribution in [3.05, 3.63) is 113 Å². The topological polar surface area (TPSA) is 29.1 Å². The Morgan fingerprint density at radius 2 is 1.39 bits per heavy atom. The average molecular weight is 381 g/mol. The summed E-state index contributed by atoms with van der Waals surface area (Å²) in [5.74, 6) is -0.393. The van der Waals surface area contributed by atoms with Gasteiger partial charge in [0.05, 0.1) is 11.6 Å². The van der Waals surface area contributed by atoms with Crippen molar-refractivity contribution in [2.75, 3.05) is 0 Å². The number of rotatable bonds is 5. The molecule has 0 saturated heterocycles. The van der Waals surface area contributed by atoms with Gasteiger partial charge in [0.2, 0.25) is 5.91 Å². The molecule has 0 atom stereocenters. The molecule has 3 aromatic carbocycles. The number of carbonyl (C=O) groups excluding carboxylic acids is 1. The SMILES string of the molecule is O=C(/C=C/c1cccc(C(F)(F)F)c1)NC(c1ccccc1)c1ccccc1. The third-order valence-corrected chi connectivity index (χ3v) is 4.19. The Labute approximate surface area is 161 Å². The second-order valence-corrected chi connectivity index (χ2v) is 6.22. The highest BCUT2D eigenvalue weighted by Gasteiger charge is 2.30. The number of halogens is 3. The third kappa shape index (κ3) is 5.10. The zero-order valence-corrected chi connectivity index (χ0v) is 14.9. The molecule has 0 fully saturated rings. The van der Waals surface area contributed by atoms with E-state index >= 15 is 0 Å². The fourth-order valence-electron chi connectivity index (χ4n) is 2.83. The smallest absolute Gasteiger partial charge is 0.342 e. The summed E-state index contributed by atoms with van der Waals surface area (Å²) in [5.41, 5.74) is 1.38. The van der Waals surface area contributed by atoms with Gasteiger partial charge in [0.15, 0.2) is 0 Å². The highest BCUT2D eigenvalue weighted by molar-refractivity contribution is 5.92. The first-order valence-electron chi connectivity index (χ1n) is 8.69. The molecule has 0 aliphatic carbocycles. The van der Waals surface area contributed by atoms with E-state index in [-0.39, 0.29) is 6.04 Å². The van der Waals surface area contributed by atoms with Crippen LogP contribution in [0.25, 0.3) is 6.08 Å². The summed E-state index contributed by atoms with van der Waals surface area (Å²) in [6.45, 7) is 0. The maximum atomic E-state index is 12.8. The quantitative estimate of drug-likeness (QED) is 0.571. The molecule has 3 aromatic rings. The molecule has 0 bridgehead atoms. The first-order chi connectivity index (χ1) is 13.4. The monoisotopic (exact) mass is 381 g/mol. The molecule has 0 aliphatic heterocycles. The van der Waals surface area contributed by atoms with Gasteiger partial charge in [0.1, 0.15) is 0 Å². The van der Waals surface area contributed by atoms with Crippen LogP contribution in [0.3, 0.4) is 0 Å². The van der Waals surface area contributed by atoms with E-state index < -0.39 is 17.6 Å². The van der Waals surface area contributed by atoms with Gasteiger partial charge in [-0.25, -0.2) is 0 Å². The average Bonchev–Trinajstić information content (AvgIpc) is 2.71. The minimum atomic E-state index is -4.42. The van der Waals surface area contributed by atoms with Gasteiger partial charge >= 0.3 is 6.18 Å². The maximum absolute atomic E-state index is 12.8. The van der Waals surface area contributed by atoms with Gasteiger partial charge in [-0.15, -0.1) is 0 Å². The van der Waals surface area contributed by atoms with E-state index in [0.29, 0.717) is 5.56 Å². The number of hydrogen-bond donors (Lipinski definition) is 1. The molecular weight excluding hydrogens is 363 g/mol. The van der Waals surface area contributed by atoms with Gasteiger partial charge in [0.25, 0.3) is 0 Å². The molecule has 3 rings (SSSR count). The molecule has 0 aromatic heterocycles. The Morgan fingerprint density at radius 1 is 0.821 bits per heavy atom. The summed E-state index contributed by atoms with van der Waals surface area (Å²) in [5, 5.41) is 2.92. The first-order valence-corrected chi connectivity index (χ1v) is 8.69. The summed E-state index contributed by atoms with van der Waals surface area (Å²) in [4.78, 5) is 12.4. The lowest BCUT2D eigenvalue weighted by molar-refractivity contribution is -0.137. The second-order valence-electron chi connectivity index (χ2n) is 6.22. The van der Waals surface area contributed by atoms with Crippen molar-refractivity contribution < 1.29 is 18.0 Å². The van der Waals surface area contributed by atoms with Crippen LogP contribution in [0.1, 0.15) is 28.3 Å². The lowest BCUT2D eigenvalue weighted by Crippen LogP contribution is -2.27. The number of hydrogen-bond acceptors (Lipinski definition) is 1. The standard InChI is InChI=1S/C23H18F3NO/c24-23(25,26)20-13-7-8-17(16-20)14-15-21(28)27-22(18-9-3-1-4-10-18)19-11-5-2-6-12-19/h1-16,22H,(H,27,28)/b15-14+. The van der Waals surface area contributed by atoms with Gasteiger partial charge in [-0.05, 0) is 34.9 Å². The first kappa shape index (κ1) is 19.4. The van der Waals surface area contributed by atoms with Gasteiger partial charge < -0.3 is 5.32 Å². The molecule has 0 heterocycles. The molecular formula is C23H18F3NO. The molecule has 28 heavy (non-hydrogen) atoms. The van der Waals surface area contributed by atoms with Crippen LogP contribution in [-0.2, 0) is 11.0 Å². The predicted molar refractivity (Wildman–Crippen MR) is 103 cm³/mol. The minimum Gasteiger partial charge on any atom is -0.342 e. The van der Waals surface area contributed by atoms with Crippen molar-refractivity contribution >= 4 is 12.0 Å². The van der Waals surface area contributed by atoms with Crippen LogP contribution in [0, 0.1) is 0 Å². The van der Waals surface area contributed by atoms with E-state index in [4.69, 9.17) is 0 Å². The zero-order valence-electron chi connectivity index (χ0n) is 14.9. The second kappa shape index (κ2) is 8.57. The van der Waals surface area contributed by atoms with Crippen LogP contribution in [0.2, 0.25) is 0 Å². The van der Waals surface area contributed by atoms with Gasteiger partial charge in [0, 0.05) is 6.08 Å². The van der Waals surface area contributed by atoms with Crippen LogP contribution < -0.4 is 5.32 Å². The summed E-state index contributed by atoms with van der Waals surface area (Å²) < 4.78 is 38.4. The van der Waals surface area contributed by atoms with E-state index in [0.717, 1.165) is 23.3 Å². The van der Waals surface area contributed by atoms with Crippen molar-refractivity contribution in [1.29, 1.82) is 0 Å². The third-order valence-electron chi connectivity index (χ3n) is 4.19. The molecule has 0 radical (unpaired) electrons.